The summed E-state index contributed by atoms with van der Waals surface area (Å²) in [5.41, 5.74) is 1.16. The van der Waals surface area contributed by atoms with Gasteiger partial charge in [-0.1, -0.05) is 25.1 Å². The SMILES string of the molecule is CCc1ccccc1NC(=O)C1(C(=O)N2CCCCC2)CC1. The lowest BCUT2D eigenvalue weighted by molar-refractivity contribution is -0.143. The van der Waals surface area contributed by atoms with Gasteiger partial charge in [-0.05, 0) is 50.2 Å². The first-order valence-corrected chi connectivity index (χ1v) is 8.36. The molecule has 0 spiro atoms. The van der Waals surface area contributed by atoms with Crippen LogP contribution in [0.25, 0.3) is 0 Å². The number of para-hydroxylation sites is 1. The second-order valence-electron chi connectivity index (χ2n) is 6.40. The van der Waals surface area contributed by atoms with Gasteiger partial charge in [-0.25, -0.2) is 0 Å². The number of benzene rings is 1. The minimum Gasteiger partial charge on any atom is -0.342 e. The van der Waals surface area contributed by atoms with Gasteiger partial charge in [0.25, 0.3) is 0 Å². The van der Waals surface area contributed by atoms with Crippen LogP contribution in [-0.4, -0.2) is 29.8 Å². The van der Waals surface area contributed by atoms with Crippen molar-refractivity contribution in [2.75, 3.05) is 18.4 Å². The van der Waals surface area contributed by atoms with Gasteiger partial charge in [-0.15, -0.1) is 0 Å². The molecule has 0 bridgehead atoms. The molecule has 2 aliphatic rings. The summed E-state index contributed by atoms with van der Waals surface area (Å²) in [5.74, 6) is -0.0809. The van der Waals surface area contributed by atoms with E-state index in [4.69, 9.17) is 0 Å². The van der Waals surface area contributed by atoms with Crippen molar-refractivity contribution in [3.8, 4) is 0 Å². The van der Waals surface area contributed by atoms with Crippen LogP contribution >= 0.6 is 0 Å². The molecule has 0 radical (unpaired) electrons. The van der Waals surface area contributed by atoms with Crippen LogP contribution in [0.3, 0.4) is 0 Å². The molecule has 1 aromatic rings. The van der Waals surface area contributed by atoms with Gasteiger partial charge in [0.05, 0.1) is 0 Å². The van der Waals surface area contributed by atoms with Crippen molar-refractivity contribution in [2.45, 2.75) is 45.4 Å². The normalized spacial score (nSPS) is 19.6. The molecule has 1 aliphatic heterocycles. The van der Waals surface area contributed by atoms with E-state index in [0.717, 1.165) is 43.6 Å². The number of aryl methyl sites for hydroxylation is 1. The predicted molar refractivity (Wildman–Crippen MR) is 86.5 cm³/mol. The van der Waals surface area contributed by atoms with Crippen LogP contribution in [0.2, 0.25) is 0 Å². The van der Waals surface area contributed by atoms with Crippen molar-refractivity contribution in [3.63, 3.8) is 0 Å². The highest BCUT2D eigenvalue weighted by Crippen LogP contribution is 2.48. The third-order valence-electron chi connectivity index (χ3n) is 4.88. The zero-order chi connectivity index (χ0) is 15.6. The summed E-state index contributed by atoms with van der Waals surface area (Å²) >= 11 is 0. The number of anilines is 1. The molecule has 1 aromatic carbocycles. The number of piperidine rings is 1. The Balaban J connectivity index is 1.72. The molecule has 22 heavy (non-hydrogen) atoms. The lowest BCUT2D eigenvalue weighted by atomic mass is 10.0. The van der Waals surface area contributed by atoms with Gasteiger partial charge in [0.15, 0.2) is 0 Å². The number of hydrogen-bond acceptors (Lipinski definition) is 2. The summed E-state index contributed by atoms with van der Waals surface area (Å²) in [5, 5.41) is 3.00. The Morgan fingerprint density at radius 3 is 2.45 bits per heavy atom. The zero-order valence-electron chi connectivity index (χ0n) is 13.2. The lowest BCUT2D eigenvalue weighted by Gasteiger charge is -2.30. The van der Waals surface area contributed by atoms with Crippen molar-refractivity contribution in [3.05, 3.63) is 29.8 Å². The quantitative estimate of drug-likeness (QED) is 0.869. The summed E-state index contributed by atoms with van der Waals surface area (Å²) in [6.45, 7) is 3.68. The first kappa shape index (κ1) is 15.1. The van der Waals surface area contributed by atoms with Crippen LogP contribution < -0.4 is 5.32 Å². The van der Waals surface area contributed by atoms with Gasteiger partial charge in [-0.3, -0.25) is 9.59 Å². The lowest BCUT2D eigenvalue weighted by Crippen LogP contribution is -2.45. The second kappa shape index (κ2) is 6.11. The van der Waals surface area contributed by atoms with Crippen molar-refractivity contribution in [2.24, 2.45) is 5.41 Å². The maximum atomic E-state index is 12.7. The Kier molecular flexibility index (Phi) is 4.19. The smallest absolute Gasteiger partial charge is 0.240 e. The van der Waals surface area contributed by atoms with E-state index in [-0.39, 0.29) is 11.8 Å². The molecule has 1 saturated heterocycles. The maximum absolute atomic E-state index is 12.7. The molecule has 2 amide bonds. The Morgan fingerprint density at radius 2 is 1.82 bits per heavy atom. The van der Waals surface area contributed by atoms with E-state index >= 15 is 0 Å². The summed E-state index contributed by atoms with van der Waals surface area (Å²) in [6.07, 6.45) is 5.53. The van der Waals surface area contributed by atoms with E-state index in [1.54, 1.807) is 0 Å². The van der Waals surface area contributed by atoms with Gasteiger partial charge in [-0.2, -0.15) is 0 Å². The largest absolute Gasteiger partial charge is 0.342 e. The number of nitrogens with zero attached hydrogens (tertiary/aromatic N) is 1. The van der Waals surface area contributed by atoms with Crippen LogP contribution in [0.5, 0.6) is 0 Å². The number of nitrogens with one attached hydrogen (secondary N) is 1. The molecule has 2 fully saturated rings. The van der Waals surface area contributed by atoms with Gasteiger partial charge in [0.2, 0.25) is 11.8 Å². The topological polar surface area (TPSA) is 49.4 Å². The summed E-state index contributed by atoms with van der Waals surface area (Å²) in [7, 11) is 0. The van der Waals surface area contributed by atoms with Crippen LogP contribution in [0.15, 0.2) is 24.3 Å². The number of amides is 2. The highest BCUT2D eigenvalue weighted by atomic mass is 16.2. The number of likely N-dealkylation sites (tertiary alicyclic amines) is 1. The average molecular weight is 300 g/mol. The number of rotatable bonds is 4. The second-order valence-corrected chi connectivity index (χ2v) is 6.40. The van der Waals surface area contributed by atoms with Crippen LogP contribution in [0.1, 0.15) is 44.6 Å². The number of carbonyl (C=O) groups is 2. The van der Waals surface area contributed by atoms with E-state index in [9.17, 15) is 9.59 Å². The van der Waals surface area contributed by atoms with E-state index in [1.807, 2.05) is 29.2 Å². The Labute approximate surface area is 131 Å². The molecule has 118 valence electrons. The summed E-state index contributed by atoms with van der Waals surface area (Å²) in [6, 6.07) is 7.82. The first-order chi connectivity index (χ1) is 10.7. The average Bonchev–Trinajstić information content (AvgIpc) is 3.37. The molecule has 3 rings (SSSR count). The van der Waals surface area contributed by atoms with Gasteiger partial charge in [0.1, 0.15) is 5.41 Å². The van der Waals surface area contributed by atoms with Gasteiger partial charge >= 0.3 is 0 Å². The molecule has 0 unspecified atom stereocenters. The van der Waals surface area contributed by atoms with Crippen molar-refractivity contribution < 1.29 is 9.59 Å². The van der Waals surface area contributed by atoms with Gasteiger partial charge in [0, 0.05) is 18.8 Å². The van der Waals surface area contributed by atoms with E-state index in [2.05, 4.69) is 12.2 Å². The molecule has 0 atom stereocenters. The number of carbonyl (C=O) groups excluding carboxylic acids is 2. The van der Waals surface area contributed by atoms with Crippen LogP contribution in [0.4, 0.5) is 5.69 Å². The highest BCUT2D eigenvalue weighted by molar-refractivity contribution is 6.13. The molecule has 1 N–H and O–H groups in total. The Morgan fingerprint density at radius 1 is 1.14 bits per heavy atom. The molecular formula is C18H24N2O2. The molecular weight excluding hydrogens is 276 g/mol. The highest BCUT2D eigenvalue weighted by Gasteiger charge is 2.58. The summed E-state index contributed by atoms with van der Waals surface area (Å²) in [4.78, 5) is 27.3. The molecule has 4 heteroatoms. The monoisotopic (exact) mass is 300 g/mol. The van der Waals surface area contributed by atoms with Gasteiger partial charge < -0.3 is 10.2 Å². The van der Waals surface area contributed by atoms with Crippen LogP contribution in [-0.2, 0) is 16.0 Å². The minimum absolute atomic E-state index is 0.0404. The van der Waals surface area contributed by atoms with Crippen molar-refractivity contribution in [1.29, 1.82) is 0 Å². The fourth-order valence-electron chi connectivity index (χ4n) is 3.26. The molecule has 4 nitrogen and oxygen atoms in total. The first-order valence-electron chi connectivity index (χ1n) is 8.36. The Bertz CT molecular complexity index is 572. The standard InChI is InChI=1S/C18H24N2O2/c1-2-14-8-4-5-9-15(14)19-16(21)18(10-11-18)17(22)20-12-6-3-7-13-20/h4-5,8-9H,2-3,6-7,10-13H2,1H3,(H,19,21). The zero-order valence-corrected chi connectivity index (χ0v) is 13.2. The van der Waals surface area contributed by atoms with Crippen LogP contribution in [0, 0.1) is 5.41 Å². The molecule has 1 aliphatic carbocycles. The van der Waals surface area contributed by atoms with Crippen molar-refractivity contribution in [1.82, 2.24) is 4.90 Å². The van der Waals surface area contributed by atoms with E-state index < -0.39 is 5.41 Å². The van der Waals surface area contributed by atoms with E-state index in [1.165, 1.54) is 6.42 Å². The molecule has 1 saturated carbocycles. The molecule has 0 aromatic heterocycles. The maximum Gasteiger partial charge on any atom is 0.240 e. The third kappa shape index (κ3) is 2.74. The predicted octanol–water partition coefficient (Wildman–Crippen LogP) is 2.98. The molecule has 1 heterocycles. The summed E-state index contributed by atoms with van der Waals surface area (Å²) < 4.78 is 0. The number of hydrogen-bond donors (Lipinski definition) is 1. The van der Waals surface area contributed by atoms with Crippen molar-refractivity contribution >= 4 is 17.5 Å². The fourth-order valence-corrected chi connectivity index (χ4v) is 3.26. The third-order valence-corrected chi connectivity index (χ3v) is 4.88. The minimum atomic E-state index is -0.793. The van der Waals surface area contributed by atoms with E-state index in [0.29, 0.717) is 12.8 Å². The fraction of sp³-hybridized carbons (Fsp3) is 0.556. The Hall–Kier alpha value is -1.84.